The Morgan fingerprint density at radius 2 is 1.65 bits per heavy atom. The fraction of sp³-hybridized carbons (Fsp3) is 0.300. The zero-order valence-corrected chi connectivity index (χ0v) is 21.5. The predicted octanol–water partition coefficient (Wildman–Crippen LogP) is 5.46. The minimum absolute atomic E-state index is 0.268. The van der Waals surface area contributed by atoms with Crippen LogP contribution in [0.1, 0.15) is 11.1 Å². The molecule has 2 aliphatic heterocycles. The molecule has 1 N–H and O–H groups in total. The van der Waals surface area contributed by atoms with Gasteiger partial charge in [0.25, 0.3) is 0 Å². The van der Waals surface area contributed by atoms with Gasteiger partial charge in [-0.25, -0.2) is 0 Å². The van der Waals surface area contributed by atoms with Gasteiger partial charge in [-0.3, -0.25) is 14.8 Å². The number of hydrogen-bond acceptors (Lipinski definition) is 6. The second kappa shape index (κ2) is 11.0. The lowest BCUT2D eigenvalue weighted by molar-refractivity contribution is 0.123. The Labute approximate surface area is 222 Å². The number of nitrogens with zero attached hydrogens (tertiary/aromatic N) is 3. The highest BCUT2D eigenvalue weighted by molar-refractivity contribution is 6.31. The van der Waals surface area contributed by atoms with E-state index in [-0.39, 0.29) is 6.04 Å². The lowest BCUT2D eigenvalue weighted by Crippen LogP contribution is -2.49. The third kappa shape index (κ3) is 5.82. The summed E-state index contributed by atoms with van der Waals surface area (Å²) in [4.78, 5) is 9.62. The Morgan fingerprint density at radius 3 is 2.51 bits per heavy atom. The number of rotatable bonds is 8. The predicted molar refractivity (Wildman–Crippen MR) is 149 cm³/mol. The van der Waals surface area contributed by atoms with E-state index in [4.69, 9.17) is 21.1 Å². The average molecular weight is 515 g/mol. The molecule has 0 aliphatic carbocycles. The van der Waals surface area contributed by atoms with Crippen LogP contribution in [0.5, 0.6) is 11.5 Å². The van der Waals surface area contributed by atoms with E-state index in [1.165, 1.54) is 11.1 Å². The van der Waals surface area contributed by atoms with Crippen molar-refractivity contribution in [1.29, 1.82) is 0 Å². The van der Waals surface area contributed by atoms with E-state index in [2.05, 4.69) is 74.7 Å². The minimum Gasteiger partial charge on any atom is -0.454 e. The Bertz CT molecular complexity index is 1360. The maximum Gasteiger partial charge on any atom is 0.231 e. The summed E-state index contributed by atoms with van der Waals surface area (Å²) in [5.74, 6) is 1.70. The molecule has 190 valence electrons. The first-order chi connectivity index (χ1) is 18.2. The minimum atomic E-state index is 0.268. The second-order valence-corrected chi connectivity index (χ2v) is 10.3. The molecule has 0 amide bonds. The van der Waals surface area contributed by atoms with Crippen LogP contribution in [-0.4, -0.2) is 60.3 Å². The van der Waals surface area contributed by atoms with Crippen LogP contribution in [0.2, 0.25) is 5.02 Å². The molecule has 1 fully saturated rings. The van der Waals surface area contributed by atoms with Gasteiger partial charge in [0.2, 0.25) is 6.79 Å². The molecule has 0 spiro atoms. The molecule has 37 heavy (non-hydrogen) atoms. The Hall–Kier alpha value is -3.32. The fourth-order valence-corrected chi connectivity index (χ4v) is 5.43. The number of benzene rings is 3. The average Bonchev–Trinajstić information content (AvgIpc) is 3.38. The van der Waals surface area contributed by atoms with Gasteiger partial charge >= 0.3 is 0 Å². The number of ether oxygens (including phenoxy) is 2. The molecule has 1 aromatic heterocycles. The standard InChI is InChI=1S/C30H31ClN4O2/c31-24-7-8-26-27(10-11-32-28(26)18-24)33-25(16-22-4-2-1-3-5-22)20-35-14-12-34(13-15-35)19-23-6-9-29-30(17-23)37-21-36-29/h1-11,17-18,25H,12-16,19-21H2,(H,32,33). The summed E-state index contributed by atoms with van der Waals surface area (Å²) in [6.45, 7) is 6.41. The fourth-order valence-electron chi connectivity index (χ4n) is 5.27. The van der Waals surface area contributed by atoms with Crippen LogP contribution in [0.25, 0.3) is 10.9 Å². The van der Waals surface area contributed by atoms with Gasteiger partial charge in [0.05, 0.1) is 5.52 Å². The third-order valence-corrected chi connectivity index (χ3v) is 7.41. The molecule has 6 nitrogen and oxygen atoms in total. The smallest absolute Gasteiger partial charge is 0.231 e. The van der Waals surface area contributed by atoms with Gasteiger partial charge in [0.15, 0.2) is 11.5 Å². The molecule has 6 rings (SSSR count). The van der Waals surface area contributed by atoms with Crippen LogP contribution in [0.3, 0.4) is 0 Å². The number of pyridine rings is 1. The van der Waals surface area contributed by atoms with Gasteiger partial charge in [-0.05, 0) is 53.9 Å². The molecule has 2 aliphatic rings. The van der Waals surface area contributed by atoms with Crippen molar-refractivity contribution in [3.8, 4) is 11.5 Å². The Morgan fingerprint density at radius 1 is 0.838 bits per heavy atom. The summed E-state index contributed by atoms with van der Waals surface area (Å²) < 4.78 is 11.0. The highest BCUT2D eigenvalue weighted by atomic mass is 35.5. The highest BCUT2D eigenvalue weighted by Crippen LogP contribution is 2.33. The van der Waals surface area contributed by atoms with Crippen LogP contribution >= 0.6 is 11.6 Å². The largest absolute Gasteiger partial charge is 0.454 e. The first-order valence-electron chi connectivity index (χ1n) is 12.9. The first-order valence-corrected chi connectivity index (χ1v) is 13.3. The molecule has 1 saturated heterocycles. The molecule has 0 saturated carbocycles. The molecule has 0 bridgehead atoms. The van der Waals surface area contributed by atoms with E-state index in [0.29, 0.717) is 11.8 Å². The number of anilines is 1. The molecule has 1 atom stereocenters. The lowest BCUT2D eigenvalue weighted by Gasteiger charge is -2.37. The lowest BCUT2D eigenvalue weighted by atomic mass is 10.0. The summed E-state index contributed by atoms with van der Waals surface area (Å²) in [6, 6.07) is 25.3. The summed E-state index contributed by atoms with van der Waals surface area (Å²) >= 11 is 6.22. The number of nitrogens with one attached hydrogen (secondary N) is 1. The summed E-state index contributed by atoms with van der Waals surface area (Å²) in [5, 5.41) is 5.65. The van der Waals surface area contributed by atoms with E-state index in [1.54, 1.807) is 0 Å². The van der Waals surface area contributed by atoms with Crippen molar-refractivity contribution < 1.29 is 9.47 Å². The van der Waals surface area contributed by atoms with Gasteiger partial charge < -0.3 is 14.8 Å². The van der Waals surface area contributed by atoms with Crippen molar-refractivity contribution in [2.24, 2.45) is 0 Å². The van der Waals surface area contributed by atoms with E-state index >= 15 is 0 Å². The third-order valence-electron chi connectivity index (χ3n) is 7.18. The number of hydrogen-bond donors (Lipinski definition) is 1. The van der Waals surface area contributed by atoms with Gasteiger partial charge in [-0.2, -0.15) is 0 Å². The zero-order valence-electron chi connectivity index (χ0n) is 20.8. The van der Waals surface area contributed by atoms with E-state index in [0.717, 1.165) is 73.8 Å². The van der Waals surface area contributed by atoms with E-state index in [9.17, 15) is 0 Å². The number of aromatic nitrogens is 1. The number of halogens is 1. The summed E-state index contributed by atoms with van der Waals surface area (Å²) in [5.41, 5.74) is 4.62. The molecule has 0 radical (unpaired) electrons. The van der Waals surface area contributed by atoms with Gasteiger partial charge in [0.1, 0.15) is 0 Å². The van der Waals surface area contributed by atoms with Crippen molar-refractivity contribution in [3.63, 3.8) is 0 Å². The normalized spacial score (nSPS) is 16.7. The van der Waals surface area contributed by atoms with Crippen molar-refractivity contribution in [2.75, 3.05) is 44.8 Å². The molecule has 4 aromatic rings. The van der Waals surface area contributed by atoms with Crippen LogP contribution in [0.4, 0.5) is 5.69 Å². The molecule has 3 aromatic carbocycles. The Kier molecular flexibility index (Phi) is 7.13. The van der Waals surface area contributed by atoms with Crippen molar-refractivity contribution in [2.45, 2.75) is 19.0 Å². The number of piperazine rings is 1. The van der Waals surface area contributed by atoms with E-state index in [1.807, 2.05) is 24.4 Å². The summed E-state index contributed by atoms with van der Waals surface area (Å²) in [7, 11) is 0. The maximum absolute atomic E-state index is 6.22. The van der Waals surface area contributed by atoms with Crippen molar-refractivity contribution in [1.82, 2.24) is 14.8 Å². The zero-order chi connectivity index (χ0) is 25.0. The monoisotopic (exact) mass is 514 g/mol. The Balaban J connectivity index is 1.12. The SMILES string of the molecule is Clc1ccc2c(NC(Cc3ccccc3)CN3CCN(Cc4ccc5c(c4)OCO5)CC3)ccnc2c1. The number of fused-ring (bicyclic) bond motifs is 2. The van der Waals surface area contributed by atoms with Crippen LogP contribution in [-0.2, 0) is 13.0 Å². The van der Waals surface area contributed by atoms with Gasteiger partial charge in [0, 0.05) is 67.6 Å². The maximum atomic E-state index is 6.22. The van der Waals surface area contributed by atoms with Crippen molar-refractivity contribution in [3.05, 3.63) is 95.1 Å². The second-order valence-electron chi connectivity index (χ2n) is 9.82. The van der Waals surface area contributed by atoms with Gasteiger partial charge in [-0.15, -0.1) is 0 Å². The highest BCUT2D eigenvalue weighted by Gasteiger charge is 2.22. The molecular weight excluding hydrogens is 484 g/mol. The molecule has 3 heterocycles. The first kappa shape index (κ1) is 24.0. The van der Waals surface area contributed by atoms with Crippen LogP contribution in [0, 0.1) is 0 Å². The topological polar surface area (TPSA) is 49.9 Å². The molecule has 7 heteroatoms. The van der Waals surface area contributed by atoms with Gasteiger partial charge in [-0.1, -0.05) is 48.0 Å². The summed E-state index contributed by atoms with van der Waals surface area (Å²) in [6.07, 6.45) is 2.81. The van der Waals surface area contributed by atoms with Crippen LogP contribution in [0.15, 0.2) is 79.0 Å². The van der Waals surface area contributed by atoms with E-state index < -0.39 is 0 Å². The molecular formula is C30H31ClN4O2. The quantitative estimate of drug-likeness (QED) is 0.337. The molecule has 1 unspecified atom stereocenters. The van der Waals surface area contributed by atoms with Crippen LogP contribution < -0.4 is 14.8 Å². The van der Waals surface area contributed by atoms with Crippen molar-refractivity contribution >= 4 is 28.2 Å².